The number of aliphatic hydroxyl groups excluding tert-OH is 1. The molecule has 0 radical (unpaired) electrons. The summed E-state index contributed by atoms with van der Waals surface area (Å²) < 4.78 is 6.00. The minimum Gasteiger partial charge on any atom is -0.390 e. The summed E-state index contributed by atoms with van der Waals surface area (Å²) in [6, 6.07) is 9.13. The Hall–Kier alpha value is -2.82. The quantitative estimate of drug-likeness (QED) is 0.771. The van der Waals surface area contributed by atoms with Gasteiger partial charge in [0.2, 0.25) is 11.8 Å². The van der Waals surface area contributed by atoms with Crippen LogP contribution in [0.25, 0.3) is 10.8 Å². The number of carbonyl (C=O) groups excluding carboxylic acids is 2. The van der Waals surface area contributed by atoms with Gasteiger partial charge in [0.1, 0.15) is 17.4 Å². The summed E-state index contributed by atoms with van der Waals surface area (Å²) >= 11 is 0. The lowest BCUT2D eigenvalue weighted by atomic mass is 9.67. The zero-order valence-electron chi connectivity index (χ0n) is 14.8. The van der Waals surface area contributed by atoms with Crippen LogP contribution in [0.5, 0.6) is 0 Å². The minimum absolute atomic E-state index is 0.242. The number of aromatic nitrogens is 1. The van der Waals surface area contributed by atoms with Crippen molar-refractivity contribution in [1.82, 2.24) is 4.98 Å². The van der Waals surface area contributed by atoms with Crippen molar-refractivity contribution in [3.8, 4) is 6.07 Å². The Bertz CT molecular complexity index is 1080. The maximum atomic E-state index is 13.3. The van der Waals surface area contributed by atoms with Crippen LogP contribution in [0.1, 0.15) is 26.0 Å². The van der Waals surface area contributed by atoms with E-state index in [9.17, 15) is 20.0 Å². The van der Waals surface area contributed by atoms with Gasteiger partial charge in [-0.1, -0.05) is 24.3 Å². The lowest BCUT2D eigenvalue weighted by Crippen LogP contribution is -2.49. The van der Waals surface area contributed by atoms with E-state index in [1.54, 1.807) is 38.1 Å². The maximum Gasteiger partial charge on any atom is 0.240 e. The molecule has 27 heavy (non-hydrogen) atoms. The third-order valence-corrected chi connectivity index (χ3v) is 6.42. The van der Waals surface area contributed by atoms with Gasteiger partial charge < -0.3 is 9.84 Å². The van der Waals surface area contributed by atoms with E-state index in [0.29, 0.717) is 22.9 Å². The molecule has 2 aromatic rings. The lowest BCUT2D eigenvalue weighted by molar-refractivity contribution is -0.132. The first-order chi connectivity index (χ1) is 12.8. The van der Waals surface area contributed by atoms with Crippen molar-refractivity contribution >= 4 is 28.3 Å². The van der Waals surface area contributed by atoms with E-state index in [1.165, 1.54) is 11.1 Å². The number of hydrogen-bond donors (Lipinski definition) is 1. The molecule has 3 saturated heterocycles. The van der Waals surface area contributed by atoms with Crippen LogP contribution >= 0.6 is 0 Å². The van der Waals surface area contributed by atoms with Gasteiger partial charge in [-0.15, -0.1) is 0 Å². The van der Waals surface area contributed by atoms with E-state index in [0.717, 1.165) is 0 Å². The zero-order chi connectivity index (χ0) is 19.1. The fourth-order valence-corrected chi connectivity index (χ4v) is 5.20. The number of pyridine rings is 1. The van der Waals surface area contributed by atoms with Crippen LogP contribution in [0.4, 0.5) is 5.69 Å². The van der Waals surface area contributed by atoms with Crippen LogP contribution in [-0.2, 0) is 14.3 Å². The molecule has 1 aromatic heterocycles. The second kappa shape index (κ2) is 4.91. The first-order valence-electron chi connectivity index (χ1n) is 8.86. The number of hydrogen-bond acceptors (Lipinski definition) is 6. The smallest absolute Gasteiger partial charge is 0.240 e. The highest BCUT2D eigenvalue weighted by Gasteiger charge is 2.75. The van der Waals surface area contributed by atoms with E-state index in [-0.39, 0.29) is 17.5 Å². The highest BCUT2D eigenvalue weighted by Crippen LogP contribution is 2.61. The molecule has 3 aliphatic rings. The number of fused-ring (bicyclic) bond motifs is 6. The van der Waals surface area contributed by atoms with Crippen molar-refractivity contribution in [2.75, 3.05) is 4.90 Å². The van der Waals surface area contributed by atoms with Gasteiger partial charge in [-0.2, -0.15) is 5.26 Å². The SMILES string of the molecule is CC12CC(O)C(C)(O1)C1C(=O)N(c3cnc(C#N)c4ccccc34)C(=O)C12. The van der Waals surface area contributed by atoms with Crippen molar-refractivity contribution in [3.05, 3.63) is 36.2 Å². The topological polar surface area (TPSA) is 104 Å². The van der Waals surface area contributed by atoms with Crippen LogP contribution in [0.15, 0.2) is 30.5 Å². The molecule has 3 fully saturated rings. The van der Waals surface area contributed by atoms with Crippen LogP contribution in [-0.4, -0.2) is 39.2 Å². The lowest BCUT2D eigenvalue weighted by Gasteiger charge is -2.31. The third-order valence-electron chi connectivity index (χ3n) is 6.42. The molecule has 5 rings (SSSR count). The van der Waals surface area contributed by atoms with Crippen molar-refractivity contribution < 1.29 is 19.4 Å². The van der Waals surface area contributed by atoms with Gasteiger partial charge in [-0.25, -0.2) is 9.88 Å². The molecule has 1 aromatic carbocycles. The van der Waals surface area contributed by atoms with Crippen molar-refractivity contribution in [1.29, 1.82) is 5.26 Å². The van der Waals surface area contributed by atoms with Gasteiger partial charge in [0.05, 0.1) is 35.4 Å². The number of nitriles is 1. The molecule has 3 aliphatic heterocycles. The van der Waals surface area contributed by atoms with Crippen LogP contribution < -0.4 is 4.90 Å². The Kier molecular flexibility index (Phi) is 2.98. The largest absolute Gasteiger partial charge is 0.390 e. The summed E-state index contributed by atoms with van der Waals surface area (Å²) in [4.78, 5) is 31.9. The fraction of sp³-hybridized carbons (Fsp3) is 0.400. The molecule has 2 amide bonds. The molecule has 136 valence electrons. The van der Waals surface area contributed by atoms with Gasteiger partial charge in [-0.3, -0.25) is 9.59 Å². The molecule has 7 heteroatoms. The Morgan fingerprint density at radius 2 is 1.89 bits per heavy atom. The van der Waals surface area contributed by atoms with Crippen LogP contribution in [0.3, 0.4) is 0 Å². The summed E-state index contributed by atoms with van der Waals surface area (Å²) in [7, 11) is 0. The zero-order valence-corrected chi connectivity index (χ0v) is 14.8. The molecule has 4 heterocycles. The summed E-state index contributed by atoms with van der Waals surface area (Å²) in [6.45, 7) is 3.49. The fourth-order valence-electron chi connectivity index (χ4n) is 5.20. The van der Waals surface area contributed by atoms with Crippen molar-refractivity contribution in [3.63, 3.8) is 0 Å². The second-order valence-corrected chi connectivity index (χ2v) is 7.94. The highest BCUT2D eigenvalue weighted by atomic mass is 16.6. The maximum absolute atomic E-state index is 13.3. The molecular weight excluding hydrogens is 346 g/mol. The summed E-state index contributed by atoms with van der Waals surface area (Å²) in [5.74, 6) is -2.08. The number of anilines is 1. The van der Waals surface area contributed by atoms with Crippen LogP contribution in [0.2, 0.25) is 0 Å². The first kappa shape index (κ1) is 16.4. The Morgan fingerprint density at radius 1 is 1.22 bits per heavy atom. The predicted octanol–water partition coefficient (Wildman–Crippen LogP) is 1.52. The minimum atomic E-state index is -1.07. The number of imide groups is 1. The average Bonchev–Trinajstić information content (AvgIpc) is 3.15. The van der Waals surface area contributed by atoms with Gasteiger partial charge in [0.15, 0.2) is 0 Å². The molecular formula is C20H17N3O4. The van der Waals surface area contributed by atoms with Gasteiger partial charge in [-0.05, 0) is 13.8 Å². The Balaban J connectivity index is 1.69. The summed E-state index contributed by atoms with van der Waals surface area (Å²) in [5.41, 5.74) is -1.33. The predicted molar refractivity (Wildman–Crippen MR) is 94.4 cm³/mol. The van der Waals surface area contributed by atoms with E-state index in [1.807, 2.05) is 6.07 Å². The van der Waals surface area contributed by atoms with Gasteiger partial charge >= 0.3 is 0 Å². The molecule has 5 unspecified atom stereocenters. The van der Waals surface area contributed by atoms with E-state index in [2.05, 4.69) is 4.98 Å². The standard InChI is InChI=1S/C20H17N3O4/c1-19-7-14(24)20(2,27-19)16-15(19)17(25)23(18(16)26)13-9-22-12(8-21)10-5-3-4-6-11(10)13/h3-6,9,14-16,24H,7H2,1-2H3. The normalized spacial score (nSPS) is 37.1. The Labute approximate surface area is 155 Å². The number of rotatable bonds is 1. The number of carbonyl (C=O) groups is 2. The molecule has 1 N–H and O–H groups in total. The number of aliphatic hydroxyl groups is 1. The van der Waals surface area contributed by atoms with Gasteiger partial charge in [0, 0.05) is 17.2 Å². The molecule has 2 bridgehead atoms. The summed E-state index contributed by atoms with van der Waals surface area (Å²) in [6.07, 6.45) is 0.933. The van der Waals surface area contributed by atoms with E-state index >= 15 is 0 Å². The molecule has 0 aliphatic carbocycles. The van der Waals surface area contributed by atoms with E-state index < -0.39 is 29.1 Å². The third kappa shape index (κ3) is 1.79. The molecule has 7 nitrogen and oxygen atoms in total. The number of amides is 2. The van der Waals surface area contributed by atoms with Crippen molar-refractivity contribution in [2.24, 2.45) is 11.8 Å². The van der Waals surface area contributed by atoms with E-state index in [4.69, 9.17) is 4.74 Å². The van der Waals surface area contributed by atoms with Crippen molar-refractivity contribution in [2.45, 2.75) is 37.6 Å². The molecule has 0 saturated carbocycles. The second-order valence-electron chi connectivity index (χ2n) is 7.94. The first-order valence-corrected chi connectivity index (χ1v) is 8.86. The number of ether oxygens (including phenoxy) is 1. The average molecular weight is 363 g/mol. The monoisotopic (exact) mass is 363 g/mol. The number of benzene rings is 1. The molecule has 5 atom stereocenters. The Morgan fingerprint density at radius 3 is 2.59 bits per heavy atom. The summed E-state index contributed by atoms with van der Waals surface area (Å²) in [5, 5.41) is 20.9. The number of nitrogens with zero attached hydrogens (tertiary/aromatic N) is 3. The van der Waals surface area contributed by atoms with Gasteiger partial charge in [0.25, 0.3) is 0 Å². The molecule has 0 spiro atoms. The highest BCUT2D eigenvalue weighted by molar-refractivity contribution is 6.26. The van der Waals surface area contributed by atoms with Crippen LogP contribution in [0, 0.1) is 23.2 Å².